The van der Waals surface area contributed by atoms with E-state index in [0.717, 1.165) is 22.4 Å². The first kappa shape index (κ1) is 13.6. The second-order valence-electron chi connectivity index (χ2n) is 4.04. The number of benzene rings is 1. The Balaban J connectivity index is 2.58. The molecule has 0 atom stereocenters. The van der Waals surface area contributed by atoms with E-state index in [2.05, 4.69) is 0 Å². The Labute approximate surface area is 116 Å². The molecule has 1 aromatic heterocycles. The molecule has 0 saturated carbocycles. The summed E-state index contributed by atoms with van der Waals surface area (Å²) in [6.45, 7) is 4.52. The van der Waals surface area contributed by atoms with Gasteiger partial charge in [0.15, 0.2) is 0 Å². The van der Waals surface area contributed by atoms with E-state index in [1.54, 1.807) is 0 Å². The summed E-state index contributed by atoms with van der Waals surface area (Å²) in [6.07, 6.45) is 0. The van der Waals surface area contributed by atoms with Crippen LogP contribution >= 0.6 is 11.3 Å². The number of carbonyl (C=O) groups is 1. The molecule has 0 spiro atoms. The van der Waals surface area contributed by atoms with Gasteiger partial charge in [0.25, 0.3) is 0 Å². The fraction of sp³-hybridized carbons (Fsp3) is 0.267. The molecule has 0 bridgehead atoms. The van der Waals surface area contributed by atoms with Crippen LogP contribution < -0.4 is 4.74 Å². The smallest absolute Gasteiger partial charge is 0.348 e. The van der Waals surface area contributed by atoms with Crippen LogP contribution in [0.5, 0.6) is 5.75 Å². The van der Waals surface area contributed by atoms with Crippen molar-refractivity contribution >= 4 is 17.3 Å². The summed E-state index contributed by atoms with van der Waals surface area (Å²) < 4.78 is 10.5. The van der Waals surface area contributed by atoms with Gasteiger partial charge in [-0.3, -0.25) is 0 Å². The normalized spacial score (nSPS) is 10.3. The molecule has 0 aliphatic carbocycles. The zero-order chi connectivity index (χ0) is 13.8. The predicted octanol–water partition coefficient (Wildman–Crippen LogP) is 3.91. The lowest BCUT2D eigenvalue weighted by molar-refractivity contribution is 0.0607. The number of carbonyl (C=O) groups excluding carboxylic acids is 1. The maximum atomic E-state index is 11.8. The average Bonchev–Trinajstić information content (AvgIpc) is 2.81. The van der Waals surface area contributed by atoms with E-state index < -0.39 is 0 Å². The Hall–Kier alpha value is -1.81. The highest BCUT2D eigenvalue weighted by Crippen LogP contribution is 2.38. The number of aryl methyl sites for hydroxylation is 1. The second kappa shape index (κ2) is 5.89. The van der Waals surface area contributed by atoms with Gasteiger partial charge < -0.3 is 9.47 Å². The lowest BCUT2D eigenvalue weighted by Gasteiger charge is -2.11. The molecule has 1 heterocycles. The van der Waals surface area contributed by atoms with Crippen LogP contribution in [0.3, 0.4) is 0 Å². The Morgan fingerprint density at radius 3 is 2.74 bits per heavy atom. The zero-order valence-corrected chi connectivity index (χ0v) is 12.0. The second-order valence-corrected chi connectivity index (χ2v) is 4.92. The van der Waals surface area contributed by atoms with Crippen molar-refractivity contribution in [1.82, 2.24) is 0 Å². The SMILES string of the molecule is CCOc1ccccc1-c1c(C)csc1C(=O)OC. The quantitative estimate of drug-likeness (QED) is 0.794. The molecule has 0 radical (unpaired) electrons. The minimum atomic E-state index is -0.306. The highest BCUT2D eigenvalue weighted by Gasteiger charge is 2.20. The number of rotatable bonds is 4. The molecule has 0 N–H and O–H groups in total. The summed E-state index contributed by atoms with van der Waals surface area (Å²) >= 11 is 1.40. The van der Waals surface area contributed by atoms with Gasteiger partial charge in [-0.25, -0.2) is 4.79 Å². The molecule has 0 amide bonds. The minimum Gasteiger partial charge on any atom is -0.493 e. The maximum Gasteiger partial charge on any atom is 0.348 e. The topological polar surface area (TPSA) is 35.5 Å². The summed E-state index contributed by atoms with van der Waals surface area (Å²) in [6, 6.07) is 7.74. The Bertz CT molecular complexity index is 587. The summed E-state index contributed by atoms with van der Waals surface area (Å²) in [5, 5.41) is 1.96. The van der Waals surface area contributed by atoms with Crippen molar-refractivity contribution in [3.05, 3.63) is 40.1 Å². The van der Waals surface area contributed by atoms with Crippen molar-refractivity contribution in [2.24, 2.45) is 0 Å². The molecule has 0 aliphatic rings. The van der Waals surface area contributed by atoms with Crippen LogP contribution in [-0.4, -0.2) is 19.7 Å². The minimum absolute atomic E-state index is 0.306. The fourth-order valence-corrected chi connectivity index (χ4v) is 2.96. The van der Waals surface area contributed by atoms with Crippen LogP contribution in [0.15, 0.2) is 29.6 Å². The molecule has 0 aliphatic heterocycles. The van der Waals surface area contributed by atoms with E-state index in [-0.39, 0.29) is 5.97 Å². The Kier molecular flexibility index (Phi) is 4.22. The van der Waals surface area contributed by atoms with Crippen LogP contribution in [0.25, 0.3) is 11.1 Å². The average molecular weight is 276 g/mol. The predicted molar refractivity (Wildman–Crippen MR) is 77.0 cm³/mol. The van der Waals surface area contributed by atoms with Gasteiger partial charge in [-0.15, -0.1) is 11.3 Å². The van der Waals surface area contributed by atoms with Gasteiger partial charge in [0, 0.05) is 11.1 Å². The first-order valence-corrected chi connectivity index (χ1v) is 6.95. The van der Waals surface area contributed by atoms with Gasteiger partial charge in [0.2, 0.25) is 0 Å². The van der Waals surface area contributed by atoms with Crippen molar-refractivity contribution < 1.29 is 14.3 Å². The van der Waals surface area contributed by atoms with Gasteiger partial charge in [0.05, 0.1) is 13.7 Å². The number of ether oxygens (including phenoxy) is 2. The van der Waals surface area contributed by atoms with E-state index in [4.69, 9.17) is 9.47 Å². The number of thiophene rings is 1. The standard InChI is InChI=1S/C15H16O3S/c1-4-18-12-8-6-5-7-11(12)13-10(2)9-19-14(13)15(16)17-3/h5-9H,4H2,1-3H3. The number of para-hydroxylation sites is 1. The number of esters is 1. The van der Waals surface area contributed by atoms with Crippen LogP contribution in [0.2, 0.25) is 0 Å². The van der Waals surface area contributed by atoms with E-state index in [1.165, 1.54) is 18.4 Å². The summed E-state index contributed by atoms with van der Waals surface area (Å²) in [7, 11) is 1.40. The van der Waals surface area contributed by atoms with Gasteiger partial charge in [-0.1, -0.05) is 18.2 Å². The van der Waals surface area contributed by atoms with Crippen LogP contribution in [0.1, 0.15) is 22.2 Å². The van der Waals surface area contributed by atoms with Crippen molar-refractivity contribution in [1.29, 1.82) is 0 Å². The lowest BCUT2D eigenvalue weighted by Crippen LogP contribution is -2.01. The van der Waals surface area contributed by atoms with Gasteiger partial charge in [0.1, 0.15) is 10.6 Å². The van der Waals surface area contributed by atoms with Crippen molar-refractivity contribution in [2.75, 3.05) is 13.7 Å². The Morgan fingerprint density at radius 1 is 1.32 bits per heavy atom. The maximum absolute atomic E-state index is 11.8. The lowest BCUT2D eigenvalue weighted by atomic mass is 10.0. The number of hydrogen-bond acceptors (Lipinski definition) is 4. The van der Waals surface area contributed by atoms with E-state index in [9.17, 15) is 4.79 Å². The van der Waals surface area contributed by atoms with Crippen LogP contribution in [0, 0.1) is 6.92 Å². The molecular weight excluding hydrogens is 260 g/mol. The molecule has 100 valence electrons. The largest absolute Gasteiger partial charge is 0.493 e. The molecule has 0 unspecified atom stereocenters. The molecule has 0 fully saturated rings. The molecule has 2 rings (SSSR count). The summed E-state index contributed by atoms with van der Waals surface area (Å²) in [5.41, 5.74) is 2.89. The summed E-state index contributed by atoms with van der Waals surface area (Å²) in [5.74, 6) is 0.482. The molecule has 0 saturated heterocycles. The van der Waals surface area contributed by atoms with Gasteiger partial charge in [-0.2, -0.15) is 0 Å². The highest BCUT2D eigenvalue weighted by atomic mass is 32.1. The van der Waals surface area contributed by atoms with Crippen molar-refractivity contribution in [3.8, 4) is 16.9 Å². The van der Waals surface area contributed by atoms with Crippen LogP contribution in [-0.2, 0) is 4.74 Å². The number of methoxy groups -OCH3 is 1. The molecule has 3 nitrogen and oxygen atoms in total. The first-order valence-electron chi connectivity index (χ1n) is 6.07. The third-order valence-corrected chi connectivity index (χ3v) is 3.88. The van der Waals surface area contributed by atoms with Crippen molar-refractivity contribution in [3.63, 3.8) is 0 Å². The van der Waals surface area contributed by atoms with E-state index in [0.29, 0.717) is 11.5 Å². The third kappa shape index (κ3) is 2.63. The van der Waals surface area contributed by atoms with E-state index >= 15 is 0 Å². The van der Waals surface area contributed by atoms with Crippen molar-refractivity contribution in [2.45, 2.75) is 13.8 Å². The van der Waals surface area contributed by atoms with E-state index in [1.807, 2.05) is 43.5 Å². The Morgan fingerprint density at radius 2 is 2.05 bits per heavy atom. The summed E-state index contributed by atoms with van der Waals surface area (Å²) in [4.78, 5) is 12.5. The molecule has 4 heteroatoms. The third-order valence-electron chi connectivity index (χ3n) is 2.80. The molecular formula is C15H16O3S. The molecule has 1 aromatic carbocycles. The monoisotopic (exact) mass is 276 g/mol. The molecule has 19 heavy (non-hydrogen) atoms. The number of hydrogen-bond donors (Lipinski definition) is 0. The fourth-order valence-electron chi connectivity index (χ4n) is 1.98. The van der Waals surface area contributed by atoms with Gasteiger partial charge >= 0.3 is 5.97 Å². The van der Waals surface area contributed by atoms with Gasteiger partial charge in [-0.05, 0) is 30.9 Å². The zero-order valence-electron chi connectivity index (χ0n) is 11.2. The van der Waals surface area contributed by atoms with Crippen LogP contribution in [0.4, 0.5) is 0 Å². The molecule has 2 aromatic rings. The first-order chi connectivity index (χ1) is 9.19. The highest BCUT2D eigenvalue weighted by molar-refractivity contribution is 7.12.